The summed E-state index contributed by atoms with van der Waals surface area (Å²) >= 11 is 5.91. The van der Waals surface area contributed by atoms with Crippen LogP contribution in [0.3, 0.4) is 0 Å². The van der Waals surface area contributed by atoms with Gasteiger partial charge in [-0.2, -0.15) is 0 Å². The van der Waals surface area contributed by atoms with Crippen molar-refractivity contribution in [2.45, 2.75) is 19.3 Å². The van der Waals surface area contributed by atoms with Gasteiger partial charge in [0, 0.05) is 30.4 Å². The van der Waals surface area contributed by atoms with Crippen LogP contribution in [-0.2, 0) is 0 Å². The van der Waals surface area contributed by atoms with E-state index in [0.29, 0.717) is 16.5 Å². The number of nitrogens with zero attached hydrogens (tertiary/aromatic N) is 1. The Morgan fingerprint density at radius 1 is 1.42 bits per heavy atom. The summed E-state index contributed by atoms with van der Waals surface area (Å²) in [6.45, 7) is 2.01. The van der Waals surface area contributed by atoms with Crippen LogP contribution < -0.4 is 10.6 Å². The summed E-state index contributed by atoms with van der Waals surface area (Å²) in [5, 5.41) is 9.48. The van der Waals surface area contributed by atoms with Gasteiger partial charge in [0.15, 0.2) is 0 Å². The Kier molecular flexibility index (Phi) is 4.66. The van der Waals surface area contributed by atoms with Crippen molar-refractivity contribution in [1.82, 2.24) is 0 Å². The Morgan fingerprint density at radius 2 is 2.11 bits per heavy atom. The van der Waals surface area contributed by atoms with E-state index in [1.807, 2.05) is 6.07 Å². The number of primary amides is 1. The summed E-state index contributed by atoms with van der Waals surface area (Å²) in [5.41, 5.74) is 6.75. The molecule has 1 aromatic carbocycles. The highest BCUT2D eigenvalue weighted by atomic mass is 35.5. The van der Waals surface area contributed by atoms with Crippen molar-refractivity contribution in [1.29, 1.82) is 0 Å². The largest absolute Gasteiger partial charge is 0.396 e. The number of amides is 1. The number of nitrogens with two attached hydrogens (primary N) is 1. The minimum absolute atomic E-state index is 0.248. The minimum Gasteiger partial charge on any atom is -0.396 e. The Hall–Kier alpha value is -1.26. The standard InChI is InChI=1S/C14H19ClN2O2/c15-11-1-2-13(12(9-11)14(16)19)17-6-3-10(4-7-17)5-8-18/h1-2,9-10,18H,3-8H2,(H2,16,19). The Balaban J connectivity index is 2.13. The molecular formula is C14H19ClN2O2. The number of benzene rings is 1. The van der Waals surface area contributed by atoms with E-state index in [4.69, 9.17) is 22.4 Å². The Morgan fingerprint density at radius 3 is 2.68 bits per heavy atom. The van der Waals surface area contributed by atoms with E-state index < -0.39 is 5.91 Å². The van der Waals surface area contributed by atoms with E-state index in [9.17, 15) is 4.79 Å². The highest BCUT2D eigenvalue weighted by Gasteiger charge is 2.22. The molecule has 3 N–H and O–H groups in total. The predicted molar refractivity (Wildman–Crippen MR) is 76.6 cm³/mol. The van der Waals surface area contributed by atoms with Crippen LogP contribution >= 0.6 is 11.6 Å². The second kappa shape index (κ2) is 6.26. The van der Waals surface area contributed by atoms with Crippen molar-refractivity contribution in [3.63, 3.8) is 0 Å². The molecule has 0 spiro atoms. The highest BCUT2D eigenvalue weighted by Crippen LogP contribution is 2.29. The van der Waals surface area contributed by atoms with E-state index in [1.54, 1.807) is 12.1 Å². The second-order valence-electron chi connectivity index (χ2n) is 4.97. The highest BCUT2D eigenvalue weighted by molar-refractivity contribution is 6.31. The molecule has 0 radical (unpaired) electrons. The number of halogens is 1. The summed E-state index contributed by atoms with van der Waals surface area (Å²) in [5.74, 6) is 0.126. The second-order valence-corrected chi connectivity index (χ2v) is 5.40. The molecule has 1 heterocycles. The summed E-state index contributed by atoms with van der Waals surface area (Å²) in [7, 11) is 0. The van der Waals surface area contributed by atoms with Crippen LogP contribution in [0.2, 0.25) is 5.02 Å². The lowest BCUT2D eigenvalue weighted by molar-refractivity contribution is 0.100. The molecule has 1 aliphatic heterocycles. The number of rotatable bonds is 4. The van der Waals surface area contributed by atoms with Crippen LogP contribution in [0.15, 0.2) is 18.2 Å². The zero-order chi connectivity index (χ0) is 13.8. The fourth-order valence-corrected chi connectivity index (χ4v) is 2.80. The maximum Gasteiger partial charge on any atom is 0.250 e. The van der Waals surface area contributed by atoms with E-state index in [0.717, 1.165) is 38.0 Å². The number of anilines is 1. The maximum absolute atomic E-state index is 11.5. The maximum atomic E-state index is 11.5. The van der Waals surface area contributed by atoms with E-state index in [-0.39, 0.29) is 6.61 Å². The first-order valence-corrected chi connectivity index (χ1v) is 6.94. The lowest BCUT2D eigenvalue weighted by Crippen LogP contribution is -2.35. The molecule has 0 aliphatic carbocycles. The number of aliphatic hydroxyl groups is 1. The zero-order valence-corrected chi connectivity index (χ0v) is 11.6. The van der Waals surface area contributed by atoms with Crippen molar-refractivity contribution >= 4 is 23.2 Å². The first-order chi connectivity index (χ1) is 9.11. The SMILES string of the molecule is NC(=O)c1cc(Cl)ccc1N1CCC(CCO)CC1. The average molecular weight is 283 g/mol. The smallest absolute Gasteiger partial charge is 0.250 e. The molecule has 0 atom stereocenters. The first kappa shape index (κ1) is 14.2. The monoisotopic (exact) mass is 282 g/mol. The van der Waals surface area contributed by atoms with Crippen LogP contribution in [0.4, 0.5) is 5.69 Å². The topological polar surface area (TPSA) is 66.6 Å². The summed E-state index contributed by atoms with van der Waals surface area (Å²) in [4.78, 5) is 13.7. The molecule has 0 unspecified atom stereocenters. The quantitative estimate of drug-likeness (QED) is 0.888. The third kappa shape index (κ3) is 3.39. The van der Waals surface area contributed by atoms with E-state index in [2.05, 4.69) is 4.90 Å². The molecule has 1 aliphatic rings. The molecule has 1 saturated heterocycles. The number of hydrogen-bond acceptors (Lipinski definition) is 3. The van der Waals surface area contributed by atoms with Gasteiger partial charge in [-0.1, -0.05) is 11.6 Å². The number of carbonyl (C=O) groups is 1. The van der Waals surface area contributed by atoms with Crippen LogP contribution in [0.5, 0.6) is 0 Å². The van der Waals surface area contributed by atoms with Gasteiger partial charge in [-0.3, -0.25) is 4.79 Å². The number of hydrogen-bond donors (Lipinski definition) is 2. The van der Waals surface area contributed by atoms with Crippen molar-refractivity contribution in [2.24, 2.45) is 11.7 Å². The molecule has 19 heavy (non-hydrogen) atoms. The average Bonchev–Trinajstić information content (AvgIpc) is 2.40. The Labute approximate surface area is 118 Å². The molecule has 1 aromatic rings. The van der Waals surface area contributed by atoms with E-state index in [1.165, 1.54) is 0 Å². The fourth-order valence-electron chi connectivity index (χ4n) is 2.63. The molecule has 1 amide bonds. The fraction of sp³-hybridized carbons (Fsp3) is 0.500. The van der Waals surface area contributed by atoms with Gasteiger partial charge in [-0.25, -0.2) is 0 Å². The van der Waals surface area contributed by atoms with Gasteiger partial charge in [0.2, 0.25) is 0 Å². The number of aliphatic hydroxyl groups excluding tert-OH is 1. The lowest BCUT2D eigenvalue weighted by atomic mass is 9.93. The van der Waals surface area contributed by atoms with Crippen molar-refractivity contribution in [3.05, 3.63) is 28.8 Å². The molecule has 4 nitrogen and oxygen atoms in total. The van der Waals surface area contributed by atoms with Gasteiger partial charge < -0.3 is 15.7 Å². The van der Waals surface area contributed by atoms with Gasteiger partial charge in [-0.05, 0) is 43.4 Å². The van der Waals surface area contributed by atoms with E-state index >= 15 is 0 Å². The predicted octanol–water partition coefficient (Wildman–Crippen LogP) is 2.04. The van der Waals surface area contributed by atoms with Crippen molar-refractivity contribution in [3.8, 4) is 0 Å². The van der Waals surface area contributed by atoms with Crippen LogP contribution in [0, 0.1) is 5.92 Å². The van der Waals surface area contributed by atoms with Gasteiger partial charge in [0.1, 0.15) is 0 Å². The molecule has 5 heteroatoms. The molecule has 0 saturated carbocycles. The van der Waals surface area contributed by atoms with Crippen LogP contribution in [0.1, 0.15) is 29.6 Å². The van der Waals surface area contributed by atoms with Crippen molar-refractivity contribution in [2.75, 3.05) is 24.6 Å². The summed E-state index contributed by atoms with van der Waals surface area (Å²) in [6, 6.07) is 5.26. The van der Waals surface area contributed by atoms with Gasteiger partial charge in [0.05, 0.1) is 5.56 Å². The van der Waals surface area contributed by atoms with Gasteiger partial charge in [-0.15, -0.1) is 0 Å². The van der Waals surface area contributed by atoms with Gasteiger partial charge in [0.25, 0.3) is 5.91 Å². The number of piperidine rings is 1. The molecule has 0 bridgehead atoms. The number of carbonyl (C=O) groups excluding carboxylic acids is 1. The molecule has 2 rings (SSSR count). The minimum atomic E-state index is -0.449. The van der Waals surface area contributed by atoms with Gasteiger partial charge >= 0.3 is 0 Å². The Bertz CT molecular complexity index is 457. The van der Waals surface area contributed by atoms with Crippen LogP contribution in [0.25, 0.3) is 0 Å². The molecule has 0 aromatic heterocycles. The lowest BCUT2D eigenvalue weighted by Gasteiger charge is -2.34. The normalized spacial score (nSPS) is 16.6. The first-order valence-electron chi connectivity index (χ1n) is 6.57. The molecule has 1 fully saturated rings. The summed E-state index contributed by atoms with van der Waals surface area (Å²) in [6.07, 6.45) is 2.92. The van der Waals surface area contributed by atoms with Crippen LogP contribution in [-0.4, -0.2) is 30.7 Å². The third-order valence-electron chi connectivity index (χ3n) is 3.72. The third-order valence-corrected chi connectivity index (χ3v) is 3.95. The molecular weight excluding hydrogens is 264 g/mol. The van der Waals surface area contributed by atoms with Crippen molar-refractivity contribution < 1.29 is 9.90 Å². The summed E-state index contributed by atoms with van der Waals surface area (Å²) < 4.78 is 0. The zero-order valence-electron chi connectivity index (χ0n) is 10.8. The molecule has 104 valence electrons.